The molecule has 1 fully saturated rings. The van der Waals surface area contributed by atoms with Gasteiger partial charge in [0.2, 0.25) is 0 Å². The van der Waals surface area contributed by atoms with Crippen molar-refractivity contribution in [2.45, 2.75) is 38.3 Å². The molecular formula is C13H25NO5S. The van der Waals surface area contributed by atoms with Gasteiger partial charge in [0.1, 0.15) is 5.60 Å². The number of sulfone groups is 1. The highest BCUT2D eigenvalue weighted by atomic mass is 32.2. The van der Waals surface area contributed by atoms with Crippen molar-refractivity contribution >= 4 is 15.7 Å². The fourth-order valence-electron chi connectivity index (χ4n) is 2.35. The molecule has 6 nitrogen and oxygen atoms in total. The van der Waals surface area contributed by atoms with Gasteiger partial charge >= 0.3 is 0 Å². The summed E-state index contributed by atoms with van der Waals surface area (Å²) in [6.07, 6.45) is 1.02. The third kappa shape index (κ3) is 3.93. The summed E-state index contributed by atoms with van der Waals surface area (Å²) >= 11 is 0. The predicted molar refractivity (Wildman–Crippen MR) is 76.4 cm³/mol. The Morgan fingerprint density at radius 3 is 2.45 bits per heavy atom. The summed E-state index contributed by atoms with van der Waals surface area (Å²) in [5, 5.41) is 0. The molecular weight excluding hydrogens is 282 g/mol. The Kier molecular flexibility index (Phi) is 5.97. The van der Waals surface area contributed by atoms with Gasteiger partial charge in [-0.15, -0.1) is 0 Å². The Bertz CT molecular complexity index is 430. The molecule has 1 rings (SSSR count). The Morgan fingerprint density at radius 2 is 2.05 bits per heavy atom. The first-order chi connectivity index (χ1) is 9.29. The van der Waals surface area contributed by atoms with Crippen molar-refractivity contribution in [2.75, 3.05) is 38.9 Å². The molecule has 0 aromatic heterocycles. The van der Waals surface area contributed by atoms with E-state index in [-0.39, 0.29) is 23.5 Å². The van der Waals surface area contributed by atoms with Crippen LogP contribution in [0.5, 0.6) is 0 Å². The second-order valence-electron chi connectivity index (χ2n) is 5.34. The first-order valence-electron chi connectivity index (χ1n) is 6.85. The zero-order valence-corrected chi connectivity index (χ0v) is 13.5. The summed E-state index contributed by atoms with van der Waals surface area (Å²) in [5.41, 5.74) is -0.917. The van der Waals surface area contributed by atoms with E-state index in [1.807, 2.05) is 6.92 Å². The van der Waals surface area contributed by atoms with Gasteiger partial charge in [-0.3, -0.25) is 4.79 Å². The lowest BCUT2D eigenvalue weighted by Crippen LogP contribution is -2.53. The zero-order chi connectivity index (χ0) is 15.4. The van der Waals surface area contributed by atoms with E-state index in [1.165, 1.54) is 7.11 Å². The molecule has 0 spiro atoms. The van der Waals surface area contributed by atoms with Crippen molar-refractivity contribution in [2.24, 2.45) is 0 Å². The van der Waals surface area contributed by atoms with Crippen LogP contribution in [0.4, 0.5) is 0 Å². The average Bonchev–Trinajstić information content (AvgIpc) is 2.78. The maximum Gasteiger partial charge on any atom is 0.254 e. The molecule has 1 amide bonds. The molecule has 0 aromatic rings. The van der Waals surface area contributed by atoms with Gasteiger partial charge < -0.3 is 14.4 Å². The smallest absolute Gasteiger partial charge is 0.254 e. The number of hydrogen-bond acceptors (Lipinski definition) is 5. The van der Waals surface area contributed by atoms with Crippen LogP contribution in [0.25, 0.3) is 0 Å². The van der Waals surface area contributed by atoms with Crippen LogP contribution in [-0.2, 0) is 24.1 Å². The second-order valence-corrected chi connectivity index (χ2v) is 7.57. The van der Waals surface area contributed by atoms with Gasteiger partial charge in [-0.2, -0.15) is 0 Å². The van der Waals surface area contributed by atoms with Gasteiger partial charge in [0.25, 0.3) is 5.91 Å². The molecule has 1 heterocycles. The van der Waals surface area contributed by atoms with Crippen molar-refractivity contribution in [3.63, 3.8) is 0 Å². The zero-order valence-electron chi connectivity index (χ0n) is 12.7. The Morgan fingerprint density at radius 1 is 1.40 bits per heavy atom. The van der Waals surface area contributed by atoms with Crippen molar-refractivity contribution < 1.29 is 22.7 Å². The summed E-state index contributed by atoms with van der Waals surface area (Å²) < 4.78 is 33.6. The van der Waals surface area contributed by atoms with E-state index < -0.39 is 15.4 Å². The molecule has 0 N–H and O–H groups in total. The van der Waals surface area contributed by atoms with Crippen LogP contribution in [-0.4, -0.2) is 69.7 Å². The molecule has 1 aliphatic rings. The molecule has 7 heteroatoms. The van der Waals surface area contributed by atoms with E-state index in [0.29, 0.717) is 26.0 Å². The quantitative estimate of drug-likeness (QED) is 0.683. The van der Waals surface area contributed by atoms with Crippen molar-refractivity contribution in [1.82, 2.24) is 4.90 Å². The number of carbonyl (C=O) groups excluding carboxylic acids is 1. The van der Waals surface area contributed by atoms with Crippen LogP contribution in [0.1, 0.15) is 26.7 Å². The molecule has 1 saturated heterocycles. The summed E-state index contributed by atoms with van der Waals surface area (Å²) in [6, 6.07) is -0.274. The van der Waals surface area contributed by atoms with E-state index >= 15 is 0 Å². The number of hydrogen-bond donors (Lipinski definition) is 0. The molecule has 0 bridgehead atoms. The average molecular weight is 307 g/mol. The maximum absolute atomic E-state index is 12.7. The third-order valence-electron chi connectivity index (χ3n) is 4.02. The monoisotopic (exact) mass is 307 g/mol. The van der Waals surface area contributed by atoms with Gasteiger partial charge in [0.05, 0.1) is 18.1 Å². The lowest BCUT2D eigenvalue weighted by atomic mass is 10.00. The molecule has 0 radical (unpaired) electrons. The minimum Gasteiger partial charge on any atom is -0.383 e. The molecule has 0 aliphatic carbocycles. The minimum atomic E-state index is -3.03. The number of amides is 1. The third-order valence-corrected chi connectivity index (χ3v) is 5.77. The summed E-state index contributed by atoms with van der Waals surface area (Å²) in [5.74, 6) is 0.0117. The topological polar surface area (TPSA) is 72.9 Å². The molecule has 20 heavy (non-hydrogen) atoms. The van der Waals surface area contributed by atoms with E-state index in [4.69, 9.17) is 9.47 Å². The molecule has 1 aliphatic heterocycles. The van der Waals surface area contributed by atoms with Crippen LogP contribution in [0, 0.1) is 0 Å². The van der Waals surface area contributed by atoms with E-state index in [0.717, 1.165) is 0 Å². The lowest BCUT2D eigenvalue weighted by Gasteiger charge is -2.36. The Labute approximate surface area is 121 Å². The fourth-order valence-corrected chi connectivity index (χ4v) is 4.08. The highest BCUT2D eigenvalue weighted by Gasteiger charge is 2.41. The number of carbonyl (C=O) groups is 1. The largest absolute Gasteiger partial charge is 0.383 e. The summed E-state index contributed by atoms with van der Waals surface area (Å²) in [7, 11) is 0.0267. The van der Waals surface area contributed by atoms with Crippen molar-refractivity contribution in [1.29, 1.82) is 0 Å². The normalized spacial score (nSPS) is 24.3. The maximum atomic E-state index is 12.7. The number of ether oxygens (including phenoxy) is 2. The predicted octanol–water partition coefficient (Wildman–Crippen LogP) is 0.464. The van der Waals surface area contributed by atoms with Gasteiger partial charge in [0, 0.05) is 26.8 Å². The van der Waals surface area contributed by atoms with Crippen LogP contribution < -0.4 is 0 Å². The summed E-state index contributed by atoms with van der Waals surface area (Å²) in [4.78, 5) is 14.3. The minimum absolute atomic E-state index is 0.0337. The van der Waals surface area contributed by atoms with Crippen LogP contribution in [0.2, 0.25) is 0 Å². The lowest BCUT2D eigenvalue weighted by molar-refractivity contribution is -0.156. The number of rotatable bonds is 7. The Hall–Kier alpha value is -0.660. The van der Waals surface area contributed by atoms with E-state index in [9.17, 15) is 13.2 Å². The molecule has 2 unspecified atom stereocenters. The van der Waals surface area contributed by atoms with Crippen molar-refractivity contribution in [3.05, 3.63) is 0 Å². The fraction of sp³-hybridized carbons (Fsp3) is 0.923. The summed E-state index contributed by atoms with van der Waals surface area (Å²) in [6.45, 7) is 4.38. The molecule has 0 aromatic carbocycles. The highest BCUT2D eigenvalue weighted by molar-refractivity contribution is 7.91. The van der Waals surface area contributed by atoms with Gasteiger partial charge in [-0.25, -0.2) is 8.42 Å². The van der Waals surface area contributed by atoms with Crippen LogP contribution in [0.3, 0.4) is 0 Å². The van der Waals surface area contributed by atoms with Gasteiger partial charge in [0.15, 0.2) is 9.84 Å². The number of nitrogens with zero attached hydrogens (tertiary/aromatic N) is 1. The SMILES string of the molecule is CCC(C)(OC)C(=O)N(CCOC)C1CCS(=O)(=O)C1. The van der Waals surface area contributed by atoms with Gasteiger partial charge in [-0.05, 0) is 19.8 Å². The van der Waals surface area contributed by atoms with E-state index in [2.05, 4.69) is 0 Å². The Balaban J connectivity index is 2.92. The van der Waals surface area contributed by atoms with E-state index in [1.54, 1.807) is 18.9 Å². The highest BCUT2D eigenvalue weighted by Crippen LogP contribution is 2.24. The number of methoxy groups -OCH3 is 2. The molecule has 118 valence electrons. The van der Waals surface area contributed by atoms with Gasteiger partial charge in [-0.1, -0.05) is 6.92 Å². The standard InChI is InChI=1S/C13H25NO5S/c1-5-13(2,19-4)12(15)14(7-8-18-3)11-6-9-20(16,17)10-11/h11H,5-10H2,1-4H3. The second kappa shape index (κ2) is 6.87. The molecule has 2 atom stereocenters. The first kappa shape index (κ1) is 17.4. The van der Waals surface area contributed by atoms with Crippen LogP contribution >= 0.6 is 0 Å². The van der Waals surface area contributed by atoms with Crippen molar-refractivity contribution in [3.8, 4) is 0 Å². The molecule has 0 saturated carbocycles. The van der Waals surface area contributed by atoms with Crippen LogP contribution in [0.15, 0.2) is 0 Å². The first-order valence-corrected chi connectivity index (χ1v) is 8.67.